The summed E-state index contributed by atoms with van der Waals surface area (Å²) >= 11 is 0. The minimum absolute atomic E-state index is 0.0303. The Bertz CT molecular complexity index is 612. The van der Waals surface area contributed by atoms with E-state index in [9.17, 15) is 23.7 Å². The molecular formula is C14H20O8S. The topological polar surface area (TPSA) is 123 Å². The second kappa shape index (κ2) is 7.22. The first-order valence-electron chi connectivity index (χ1n) is 6.95. The minimum atomic E-state index is -4.03. The Hall–Kier alpha value is -1.07. The van der Waals surface area contributed by atoms with Crippen molar-refractivity contribution >= 4 is 10.1 Å². The lowest BCUT2D eigenvalue weighted by molar-refractivity contribution is -0.293. The lowest BCUT2D eigenvalue weighted by Crippen LogP contribution is -2.59. The highest BCUT2D eigenvalue weighted by Gasteiger charge is 2.44. The Kier molecular flexibility index (Phi) is 5.74. The fraction of sp³-hybridized carbons (Fsp3) is 0.571. The molecule has 0 bridgehead atoms. The van der Waals surface area contributed by atoms with Gasteiger partial charge in [-0.3, -0.25) is 4.18 Å². The van der Waals surface area contributed by atoms with Crippen LogP contribution in [0.5, 0.6) is 0 Å². The molecule has 0 aliphatic carbocycles. The quantitative estimate of drug-likeness (QED) is 0.589. The highest BCUT2D eigenvalue weighted by molar-refractivity contribution is 7.86. The highest BCUT2D eigenvalue weighted by Crippen LogP contribution is 2.23. The number of aryl methyl sites for hydroxylation is 1. The lowest BCUT2D eigenvalue weighted by atomic mass is 9.99. The fourth-order valence-corrected chi connectivity index (χ4v) is 3.10. The number of hydrogen-bond donors (Lipinski definition) is 3. The molecule has 1 heterocycles. The molecule has 0 saturated carbocycles. The second-order valence-corrected chi connectivity index (χ2v) is 6.92. The number of rotatable bonds is 5. The van der Waals surface area contributed by atoms with Crippen LogP contribution >= 0.6 is 0 Å². The largest absolute Gasteiger partial charge is 0.387 e. The first kappa shape index (κ1) is 18.3. The van der Waals surface area contributed by atoms with Gasteiger partial charge in [0.05, 0.1) is 11.5 Å². The number of aliphatic hydroxyl groups is 3. The SMILES string of the molecule is CO[C@H]1OC(COS(=O)(=O)c2ccc(C)cc2)[C@H](O)[C@H](O)C1O. The van der Waals surface area contributed by atoms with Gasteiger partial charge in [-0.25, -0.2) is 0 Å². The van der Waals surface area contributed by atoms with Crippen LogP contribution in [0.1, 0.15) is 5.56 Å². The van der Waals surface area contributed by atoms with E-state index in [0.29, 0.717) is 0 Å². The van der Waals surface area contributed by atoms with Crippen LogP contribution < -0.4 is 0 Å². The van der Waals surface area contributed by atoms with E-state index in [2.05, 4.69) is 0 Å². The van der Waals surface area contributed by atoms with E-state index in [1.54, 1.807) is 12.1 Å². The van der Waals surface area contributed by atoms with Crippen molar-refractivity contribution in [2.45, 2.75) is 42.5 Å². The molecule has 23 heavy (non-hydrogen) atoms. The van der Waals surface area contributed by atoms with Crippen LogP contribution in [0, 0.1) is 6.92 Å². The maximum atomic E-state index is 12.1. The first-order valence-corrected chi connectivity index (χ1v) is 8.35. The summed E-state index contributed by atoms with van der Waals surface area (Å²) in [4.78, 5) is -0.0303. The van der Waals surface area contributed by atoms with Crippen molar-refractivity contribution in [2.75, 3.05) is 13.7 Å². The summed E-state index contributed by atoms with van der Waals surface area (Å²) in [6.07, 6.45) is -6.85. The third kappa shape index (κ3) is 4.07. The summed E-state index contributed by atoms with van der Waals surface area (Å²) in [7, 11) is -2.78. The minimum Gasteiger partial charge on any atom is -0.387 e. The standard InChI is InChI=1S/C14H20O8S/c1-8-3-5-9(6-4-8)23(18,19)21-7-10-11(15)12(16)13(17)14(20-2)22-10/h3-6,10-17H,7H2,1-2H3/t10?,11-,12-,13?,14-/m0/s1. The molecule has 1 aromatic carbocycles. The van der Waals surface area contributed by atoms with Gasteiger partial charge >= 0.3 is 0 Å². The van der Waals surface area contributed by atoms with Gasteiger partial charge < -0.3 is 24.8 Å². The molecule has 1 aliphatic rings. The van der Waals surface area contributed by atoms with Crippen LogP contribution in [0.15, 0.2) is 29.2 Å². The van der Waals surface area contributed by atoms with Crippen molar-refractivity contribution in [2.24, 2.45) is 0 Å². The van der Waals surface area contributed by atoms with Crippen molar-refractivity contribution < 1.29 is 37.4 Å². The van der Waals surface area contributed by atoms with Crippen molar-refractivity contribution in [3.8, 4) is 0 Å². The van der Waals surface area contributed by atoms with E-state index in [1.807, 2.05) is 6.92 Å². The Morgan fingerprint density at radius 2 is 1.70 bits per heavy atom. The van der Waals surface area contributed by atoms with Gasteiger partial charge in [0.1, 0.15) is 24.4 Å². The van der Waals surface area contributed by atoms with Crippen LogP contribution in [-0.2, 0) is 23.8 Å². The molecule has 0 aromatic heterocycles. The Balaban J connectivity index is 2.05. The smallest absolute Gasteiger partial charge is 0.297 e. The van der Waals surface area contributed by atoms with Gasteiger partial charge in [-0.05, 0) is 19.1 Å². The predicted molar refractivity (Wildman–Crippen MR) is 78.0 cm³/mol. The van der Waals surface area contributed by atoms with Crippen LogP contribution in [0.3, 0.4) is 0 Å². The van der Waals surface area contributed by atoms with Gasteiger partial charge in [-0.2, -0.15) is 8.42 Å². The molecule has 0 spiro atoms. The fourth-order valence-electron chi connectivity index (χ4n) is 2.18. The van der Waals surface area contributed by atoms with Crippen LogP contribution in [0.4, 0.5) is 0 Å². The molecule has 1 aromatic rings. The lowest BCUT2D eigenvalue weighted by Gasteiger charge is -2.39. The van der Waals surface area contributed by atoms with Gasteiger partial charge in [-0.15, -0.1) is 0 Å². The summed E-state index contributed by atoms with van der Waals surface area (Å²) in [6, 6.07) is 6.06. The molecule has 2 unspecified atom stereocenters. The number of benzene rings is 1. The van der Waals surface area contributed by atoms with Gasteiger partial charge in [-0.1, -0.05) is 17.7 Å². The summed E-state index contributed by atoms with van der Waals surface area (Å²) in [6.45, 7) is 1.29. The summed E-state index contributed by atoms with van der Waals surface area (Å²) in [5.74, 6) is 0. The molecule has 0 radical (unpaired) electrons. The van der Waals surface area contributed by atoms with Crippen LogP contribution in [0.25, 0.3) is 0 Å². The zero-order valence-corrected chi connectivity index (χ0v) is 13.5. The van der Waals surface area contributed by atoms with Crippen LogP contribution in [0.2, 0.25) is 0 Å². The van der Waals surface area contributed by atoms with Gasteiger partial charge in [0.15, 0.2) is 6.29 Å². The average Bonchev–Trinajstić information content (AvgIpc) is 2.52. The highest BCUT2D eigenvalue weighted by atomic mass is 32.2. The maximum Gasteiger partial charge on any atom is 0.297 e. The van der Waals surface area contributed by atoms with E-state index in [1.165, 1.54) is 19.2 Å². The number of aliphatic hydroxyl groups excluding tert-OH is 3. The molecule has 1 saturated heterocycles. The van der Waals surface area contributed by atoms with E-state index >= 15 is 0 Å². The monoisotopic (exact) mass is 348 g/mol. The molecule has 130 valence electrons. The molecule has 1 aliphatic heterocycles. The van der Waals surface area contributed by atoms with Crippen molar-refractivity contribution in [1.82, 2.24) is 0 Å². The van der Waals surface area contributed by atoms with Gasteiger partial charge in [0, 0.05) is 7.11 Å². The van der Waals surface area contributed by atoms with Crippen molar-refractivity contribution in [3.63, 3.8) is 0 Å². The van der Waals surface area contributed by atoms with E-state index in [4.69, 9.17) is 13.7 Å². The number of methoxy groups -OCH3 is 1. The van der Waals surface area contributed by atoms with Crippen molar-refractivity contribution in [1.29, 1.82) is 0 Å². The molecule has 0 amide bonds. The predicted octanol–water partition coefficient (Wildman–Crippen LogP) is -0.846. The Morgan fingerprint density at radius 1 is 1.09 bits per heavy atom. The molecule has 5 atom stereocenters. The van der Waals surface area contributed by atoms with E-state index in [0.717, 1.165) is 5.56 Å². The zero-order valence-electron chi connectivity index (χ0n) is 12.7. The molecule has 2 rings (SSSR count). The molecule has 8 nitrogen and oxygen atoms in total. The van der Waals surface area contributed by atoms with Gasteiger partial charge in [0.2, 0.25) is 0 Å². The zero-order chi connectivity index (χ0) is 17.2. The molecule has 1 fully saturated rings. The van der Waals surface area contributed by atoms with Crippen molar-refractivity contribution in [3.05, 3.63) is 29.8 Å². The maximum absolute atomic E-state index is 12.1. The average molecular weight is 348 g/mol. The summed E-state index contributed by atoms with van der Waals surface area (Å²) in [5.41, 5.74) is 0.898. The Labute approximate surface area is 134 Å². The summed E-state index contributed by atoms with van der Waals surface area (Å²) in [5, 5.41) is 29.2. The molecule has 9 heteroatoms. The third-order valence-electron chi connectivity index (χ3n) is 3.60. The van der Waals surface area contributed by atoms with Gasteiger partial charge in [0.25, 0.3) is 10.1 Å². The first-order chi connectivity index (χ1) is 10.8. The van der Waals surface area contributed by atoms with Crippen LogP contribution in [-0.4, -0.2) is 68.2 Å². The normalized spacial score (nSPS) is 32.0. The van der Waals surface area contributed by atoms with E-state index < -0.39 is 47.4 Å². The summed E-state index contributed by atoms with van der Waals surface area (Å²) < 4.78 is 39.1. The van der Waals surface area contributed by atoms with E-state index in [-0.39, 0.29) is 4.90 Å². The number of hydrogen-bond acceptors (Lipinski definition) is 8. The number of ether oxygens (including phenoxy) is 2. The Morgan fingerprint density at radius 3 is 2.26 bits per heavy atom. The third-order valence-corrected chi connectivity index (χ3v) is 4.89. The molecule has 3 N–H and O–H groups in total. The second-order valence-electron chi connectivity index (χ2n) is 5.30. The molecular weight excluding hydrogens is 328 g/mol.